The molecular formula is C15H14FNO2. The average Bonchev–Trinajstić information content (AvgIpc) is 3.24. The summed E-state index contributed by atoms with van der Waals surface area (Å²) in [5.41, 5.74) is 1.96. The van der Waals surface area contributed by atoms with Gasteiger partial charge in [-0.05, 0) is 29.8 Å². The summed E-state index contributed by atoms with van der Waals surface area (Å²) < 4.78 is 24.5. The molecule has 0 N–H and O–H groups in total. The third kappa shape index (κ3) is 3.16. The molecule has 0 saturated carbocycles. The Morgan fingerprint density at radius 2 is 2.21 bits per heavy atom. The van der Waals surface area contributed by atoms with Crippen LogP contribution in [0, 0.1) is 5.82 Å². The van der Waals surface area contributed by atoms with E-state index < -0.39 is 0 Å². The quantitative estimate of drug-likeness (QED) is 0.774. The van der Waals surface area contributed by atoms with Crippen LogP contribution in [0.2, 0.25) is 0 Å². The van der Waals surface area contributed by atoms with Crippen molar-refractivity contribution < 1.29 is 13.9 Å². The van der Waals surface area contributed by atoms with Crippen molar-refractivity contribution >= 4 is 0 Å². The maximum absolute atomic E-state index is 14.0. The van der Waals surface area contributed by atoms with Gasteiger partial charge >= 0.3 is 0 Å². The van der Waals surface area contributed by atoms with Crippen LogP contribution < -0.4 is 0 Å². The highest BCUT2D eigenvalue weighted by Gasteiger charge is 2.22. The normalized spacial score (nSPS) is 17.4. The first kappa shape index (κ1) is 12.3. The number of rotatable bonds is 5. The number of pyridine rings is 1. The van der Waals surface area contributed by atoms with Gasteiger partial charge in [0.25, 0.3) is 0 Å². The van der Waals surface area contributed by atoms with Crippen LogP contribution in [0.25, 0.3) is 11.3 Å². The summed E-state index contributed by atoms with van der Waals surface area (Å²) in [5, 5.41) is 0. The Kier molecular flexibility index (Phi) is 3.53. The molecule has 19 heavy (non-hydrogen) atoms. The Morgan fingerprint density at radius 1 is 1.32 bits per heavy atom. The first-order chi connectivity index (χ1) is 9.33. The lowest BCUT2D eigenvalue weighted by Gasteiger charge is -2.06. The van der Waals surface area contributed by atoms with Crippen LogP contribution in [0.5, 0.6) is 0 Å². The molecule has 3 rings (SSSR count). The second-order valence-electron chi connectivity index (χ2n) is 4.50. The van der Waals surface area contributed by atoms with Crippen LogP contribution in [0.4, 0.5) is 4.39 Å². The average molecular weight is 259 g/mol. The van der Waals surface area contributed by atoms with Gasteiger partial charge in [-0.25, -0.2) is 4.39 Å². The molecule has 1 saturated heterocycles. The number of epoxide rings is 1. The third-order valence-electron chi connectivity index (χ3n) is 2.95. The van der Waals surface area contributed by atoms with Crippen LogP contribution in [-0.4, -0.2) is 24.3 Å². The first-order valence-corrected chi connectivity index (χ1v) is 6.22. The van der Waals surface area contributed by atoms with Gasteiger partial charge in [0, 0.05) is 11.8 Å². The Morgan fingerprint density at radius 3 is 2.89 bits per heavy atom. The molecule has 2 heterocycles. The smallest absolute Gasteiger partial charge is 0.132 e. The van der Waals surface area contributed by atoms with Gasteiger partial charge in [-0.15, -0.1) is 0 Å². The number of hydrogen-bond acceptors (Lipinski definition) is 3. The van der Waals surface area contributed by atoms with E-state index >= 15 is 0 Å². The van der Waals surface area contributed by atoms with Crippen LogP contribution >= 0.6 is 0 Å². The Hall–Kier alpha value is -1.78. The molecule has 1 aliphatic rings. The third-order valence-corrected chi connectivity index (χ3v) is 2.95. The van der Waals surface area contributed by atoms with Gasteiger partial charge in [0.15, 0.2) is 0 Å². The van der Waals surface area contributed by atoms with Crippen molar-refractivity contribution in [1.82, 2.24) is 4.98 Å². The zero-order chi connectivity index (χ0) is 13.1. The lowest BCUT2D eigenvalue weighted by atomic mass is 10.1. The van der Waals surface area contributed by atoms with E-state index in [1.54, 1.807) is 18.3 Å². The van der Waals surface area contributed by atoms with Gasteiger partial charge < -0.3 is 9.47 Å². The molecule has 0 bridgehead atoms. The van der Waals surface area contributed by atoms with E-state index in [0.717, 1.165) is 12.2 Å². The summed E-state index contributed by atoms with van der Waals surface area (Å²) in [4.78, 5) is 4.15. The molecule has 0 radical (unpaired) electrons. The summed E-state index contributed by atoms with van der Waals surface area (Å²) in [6.07, 6.45) is 1.89. The van der Waals surface area contributed by atoms with Gasteiger partial charge in [0.05, 0.1) is 25.5 Å². The van der Waals surface area contributed by atoms with Crippen molar-refractivity contribution in [2.45, 2.75) is 12.7 Å². The maximum Gasteiger partial charge on any atom is 0.132 e. The molecule has 1 atom stereocenters. The van der Waals surface area contributed by atoms with E-state index in [-0.39, 0.29) is 11.9 Å². The molecule has 4 heteroatoms. The number of hydrogen-bond donors (Lipinski definition) is 0. The lowest BCUT2D eigenvalue weighted by molar-refractivity contribution is 0.104. The molecule has 1 aliphatic heterocycles. The largest absolute Gasteiger partial charge is 0.374 e. The minimum absolute atomic E-state index is 0.234. The van der Waals surface area contributed by atoms with E-state index in [1.807, 2.05) is 18.2 Å². The fourth-order valence-electron chi connectivity index (χ4n) is 1.85. The highest BCUT2D eigenvalue weighted by atomic mass is 19.1. The molecule has 1 aromatic carbocycles. The van der Waals surface area contributed by atoms with Crippen molar-refractivity contribution in [2.24, 2.45) is 0 Å². The minimum Gasteiger partial charge on any atom is -0.374 e. The summed E-state index contributed by atoms with van der Waals surface area (Å²) in [6.45, 7) is 1.75. The molecular weight excluding hydrogens is 245 g/mol. The molecule has 98 valence electrons. The molecule has 0 amide bonds. The first-order valence-electron chi connectivity index (χ1n) is 6.22. The van der Waals surface area contributed by atoms with Crippen molar-refractivity contribution in [3.8, 4) is 11.3 Å². The number of benzene rings is 1. The number of halogens is 1. The van der Waals surface area contributed by atoms with Crippen molar-refractivity contribution in [3.05, 3.63) is 54.0 Å². The molecule has 0 aliphatic carbocycles. The summed E-state index contributed by atoms with van der Waals surface area (Å²) in [6, 6.07) is 10.5. The Bertz CT molecular complexity index is 555. The minimum atomic E-state index is -0.275. The van der Waals surface area contributed by atoms with Gasteiger partial charge in [-0.1, -0.05) is 12.1 Å². The summed E-state index contributed by atoms with van der Waals surface area (Å²) >= 11 is 0. The Balaban J connectivity index is 1.70. The van der Waals surface area contributed by atoms with Crippen molar-refractivity contribution in [3.63, 3.8) is 0 Å². The standard InChI is InChI=1S/C15H14FNO2/c16-14-7-11(8-18-9-12-10-19-12)4-5-13(14)15-3-1-2-6-17-15/h1-7,12H,8-10H2. The predicted molar refractivity (Wildman–Crippen MR) is 69.0 cm³/mol. The van der Waals surface area contributed by atoms with Gasteiger partial charge in [-0.2, -0.15) is 0 Å². The van der Waals surface area contributed by atoms with Crippen molar-refractivity contribution in [1.29, 1.82) is 0 Å². The number of ether oxygens (including phenoxy) is 2. The fraction of sp³-hybridized carbons (Fsp3) is 0.267. The zero-order valence-corrected chi connectivity index (χ0v) is 10.4. The van der Waals surface area contributed by atoms with E-state index in [0.29, 0.717) is 24.5 Å². The van der Waals surface area contributed by atoms with Crippen LogP contribution in [0.3, 0.4) is 0 Å². The van der Waals surface area contributed by atoms with E-state index in [4.69, 9.17) is 9.47 Å². The second-order valence-corrected chi connectivity index (χ2v) is 4.50. The molecule has 1 unspecified atom stereocenters. The van der Waals surface area contributed by atoms with Crippen molar-refractivity contribution in [2.75, 3.05) is 13.2 Å². The number of aromatic nitrogens is 1. The highest BCUT2D eigenvalue weighted by Crippen LogP contribution is 2.22. The zero-order valence-electron chi connectivity index (χ0n) is 10.4. The molecule has 0 spiro atoms. The van der Waals surface area contributed by atoms with Crippen LogP contribution in [0.15, 0.2) is 42.6 Å². The monoisotopic (exact) mass is 259 g/mol. The van der Waals surface area contributed by atoms with Crippen LogP contribution in [0.1, 0.15) is 5.56 Å². The number of nitrogens with zero attached hydrogens (tertiary/aromatic N) is 1. The molecule has 3 nitrogen and oxygen atoms in total. The van der Waals surface area contributed by atoms with E-state index in [2.05, 4.69) is 4.98 Å². The maximum atomic E-state index is 14.0. The second kappa shape index (κ2) is 5.47. The predicted octanol–water partition coefficient (Wildman–Crippen LogP) is 2.80. The summed E-state index contributed by atoms with van der Waals surface area (Å²) in [5.74, 6) is -0.275. The molecule has 1 aromatic heterocycles. The lowest BCUT2D eigenvalue weighted by Crippen LogP contribution is -2.01. The molecule has 2 aromatic rings. The SMILES string of the molecule is Fc1cc(COCC2CO2)ccc1-c1ccccn1. The molecule has 1 fully saturated rings. The van der Waals surface area contributed by atoms with Crippen LogP contribution in [-0.2, 0) is 16.1 Å². The van der Waals surface area contributed by atoms with Gasteiger partial charge in [0.1, 0.15) is 11.9 Å². The fourth-order valence-corrected chi connectivity index (χ4v) is 1.85. The van der Waals surface area contributed by atoms with Gasteiger partial charge in [-0.3, -0.25) is 4.98 Å². The Labute approximate surface area is 111 Å². The van der Waals surface area contributed by atoms with Gasteiger partial charge in [0.2, 0.25) is 0 Å². The highest BCUT2D eigenvalue weighted by molar-refractivity contribution is 5.60. The topological polar surface area (TPSA) is 34.6 Å². The van der Waals surface area contributed by atoms with E-state index in [9.17, 15) is 4.39 Å². The van der Waals surface area contributed by atoms with E-state index in [1.165, 1.54) is 6.07 Å². The summed E-state index contributed by atoms with van der Waals surface area (Å²) in [7, 11) is 0.